The molecule has 0 unspecified atom stereocenters. The second kappa shape index (κ2) is 5.32. The van der Waals surface area contributed by atoms with Crippen molar-refractivity contribution in [1.29, 1.82) is 0 Å². The molecule has 0 aliphatic carbocycles. The molecule has 1 rings (SSSR count). The first-order valence-electron chi connectivity index (χ1n) is 5.01. The van der Waals surface area contributed by atoms with E-state index in [1.807, 2.05) is 0 Å². The summed E-state index contributed by atoms with van der Waals surface area (Å²) < 4.78 is 5.27. The second-order valence-corrected chi connectivity index (χ2v) is 4.33. The summed E-state index contributed by atoms with van der Waals surface area (Å²) >= 11 is 5.48. The molecule has 0 fully saturated rings. The maximum atomic E-state index is 11.7. The van der Waals surface area contributed by atoms with E-state index < -0.39 is 5.60 Å². The van der Waals surface area contributed by atoms with Crippen molar-refractivity contribution >= 4 is 17.4 Å². The van der Waals surface area contributed by atoms with E-state index in [4.69, 9.17) is 16.3 Å². The summed E-state index contributed by atoms with van der Waals surface area (Å²) in [6.45, 7) is 3.36. The zero-order valence-electron chi connectivity index (χ0n) is 9.37. The Balaban J connectivity index is 2.75. The minimum atomic E-state index is -1.35. The molecule has 0 saturated heterocycles. The van der Waals surface area contributed by atoms with Gasteiger partial charge in [-0.15, -0.1) is 11.6 Å². The van der Waals surface area contributed by atoms with Crippen LogP contribution >= 0.6 is 11.6 Å². The van der Waals surface area contributed by atoms with Crippen molar-refractivity contribution in [2.75, 3.05) is 12.5 Å². The van der Waals surface area contributed by atoms with Crippen LogP contribution in [0.15, 0.2) is 24.3 Å². The van der Waals surface area contributed by atoms with Crippen LogP contribution in [0.2, 0.25) is 0 Å². The number of ketones is 1. The minimum Gasteiger partial charge on any atom is -0.492 e. The quantitative estimate of drug-likeness (QED) is 0.636. The molecule has 0 saturated carbocycles. The maximum Gasteiger partial charge on any atom is 0.193 e. The van der Waals surface area contributed by atoms with Crippen molar-refractivity contribution in [3.63, 3.8) is 0 Å². The standard InChI is InChI=1S/C12H15ClO3/c1-12(2,15)11(14)9-3-5-10(6-4-9)16-8-7-13/h3-6,15H,7-8H2,1-2H3. The number of halogens is 1. The van der Waals surface area contributed by atoms with E-state index in [9.17, 15) is 9.90 Å². The van der Waals surface area contributed by atoms with Crippen molar-refractivity contribution in [3.8, 4) is 5.75 Å². The number of benzene rings is 1. The fourth-order valence-electron chi connectivity index (χ4n) is 1.21. The molecule has 3 nitrogen and oxygen atoms in total. The van der Waals surface area contributed by atoms with E-state index in [-0.39, 0.29) is 5.78 Å². The average Bonchev–Trinajstić information content (AvgIpc) is 2.25. The molecule has 1 N–H and O–H groups in total. The fraction of sp³-hybridized carbons (Fsp3) is 0.417. The summed E-state index contributed by atoms with van der Waals surface area (Å²) in [6.07, 6.45) is 0. The Labute approximate surface area is 100.0 Å². The first-order valence-corrected chi connectivity index (χ1v) is 5.54. The molecule has 0 amide bonds. The summed E-state index contributed by atoms with van der Waals surface area (Å²) in [5.41, 5.74) is -0.885. The predicted molar refractivity (Wildman–Crippen MR) is 63.3 cm³/mol. The number of Topliss-reactive ketones (excluding diaryl/α,β-unsaturated/α-hetero) is 1. The third-order valence-electron chi connectivity index (χ3n) is 2.02. The van der Waals surface area contributed by atoms with Gasteiger partial charge in [0, 0.05) is 5.56 Å². The number of carbonyl (C=O) groups excluding carboxylic acids is 1. The Morgan fingerprint density at radius 2 is 1.94 bits per heavy atom. The van der Waals surface area contributed by atoms with Crippen LogP contribution in [0, 0.1) is 0 Å². The lowest BCUT2D eigenvalue weighted by Crippen LogP contribution is -2.30. The topological polar surface area (TPSA) is 46.5 Å². The summed E-state index contributed by atoms with van der Waals surface area (Å²) in [6, 6.07) is 6.63. The third-order valence-corrected chi connectivity index (χ3v) is 2.17. The largest absolute Gasteiger partial charge is 0.492 e. The molecule has 0 aliphatic rings. The normalized spacial score (nSPS) is 11.2. The van der Waals surface area contributed by atoms with Crippen molar-refractivity contribution < 1.29 is 14.6 Å². The summed E-state index contributed by atoms with van der Waals surface area (Å²) in [5, 5.41) is 9.55. The Hall–Kier alpha value is -1.06. The Morgan fingerprint density at radius 1 is 1.38 bits per heavy atom. The molecule has 16 heavy (non-hydrogen) atoms. The molecular formula is C12H15ClO3. The zero-order chi connectivity index (χ0) is 12.2. The molecule has 0 aliphatic heterocycles. The number of alkyl halides is 1. The van der Waals surface area contributed by atoms with Gasteiger partial charge in [-0.1, -0.05) is 0 Å². The predicted octanol–water partition coefficient (Wildman–Crippen LogP) is 2.26. The number of carbonyl (C=O) groups is 1. The summed E-state index contributed by atoms with van der Waals surface area (Å²) in [4.78, 5) is 11.7. The van der Waals surface area contributed by atoms with E-state index in [0.717, 1.165) is 0 Å². The number of hydrogen-bond acceptors (Lipinski definition) is 3. The summed E-state index contributed by atoms with van der Waals surface area (Å²) in [7, 11) is 0. The minimum absolute atomic E-state index is 0.309. The molecule has 0 atom stereocenters. The lowest BCUT2D eigenvalue weighted by molar-refractivity contribution is 0.0488. The van der Waals surface area contributed by atoms with Crippen LogP contribution in [0.5, 0.6) is 5.75 Å². The molecule has 0 spiro atoms. The van der Waals surface area contributed by atoms with Crippen molar-refractivity contribution in [2.45, 2.75) is 19.4 Å². The van der Waals surface area contributed by atoms with Crippen molar-refractivity contribution in [1.82, 2.24) is 0 Å². The van der Waals surface area contributed by atoms with Gasteiger partial charge in [0.05, 0.1) is 5.88 Å². The highest BCUT2D eigenvalue weighted by molar-refractivity contribution is 6.18. The highest BCUT2D eigenvalue weighted by Crippen LogP contribution is 2.17. The molecule has 1 aromatic rings. The van der Waals surface area contributed by atoms with Crippen molar-refractivity contribution in [2.24, 2.45) is 0 Å². The first-order chi connectivity index (χ1) is 7.45. The fourth-order valence-corrected chi connectivity index (χ4v) is 1.29. The van der Waals surface area contributed by atoms with E-state index in [1.54, 1.807) is 24.3 Å². The first kappa shape index (κ1) is 13.0. The van der Waals surface area contributed by atoms with E-state index in [1.165, 1.54) is 13.8 Å². The van der Waals surface area contributed by atoms with E-state index in [2.05, 4.69) is 0 Å². The van der Waals surface area contributed by atoms with Gasteiger partial charge < -0.3 is 9.84 Å². The van der Waals surface area contributed by atoms with Gasteiger partial charge in [-0.05, 0) is 38.1 Å². The molecule has 0 heterocycles. The van der Waals surface area contributed by atoms with Gasteiger partial charge in [0.1, 0.15) is 18.0 Å². The molecule has 4 heteroatoms. The van der Waals surface area contributed by atoms with Gasteiger partial charge in [0.15, 0.2) is 5.78 Å². The molecule has 88 valence electrons. The summed E-state index contributed by atoms with van der Waals surface area (Å²) in [5.74, 6) is 0.772. The van der Waals surface area contributed by atoms with Gasteiger partial charge in [0.2, 0.25) is 0 Å². The van der Waals surface area contributed by atoms with Crippen LogP contribution in [0.1, 0.15) is 24.2 Å². The number of aliphatic hydroxyl groups is 1. The Morgan fingerprint density at radius 3 is 2.38 bits per heavy atom. The smallest absolute Gasteiger partial charge is 0.193 e. The van der Waals surface area contributed by atoms with Gasteiger partial charge in [-0.2, -0.15) is 0 Å². The van der Waals surface area contributed by atoms with Gasteiger partial charge in [0.25, 0.3) is 0 Å². The SMILES string of the molecule is CC(C)(O)C(=O)c1ccc(OCCCl)cc1. The van der Waals surface area contributed by atoms with Gasteiger partial charge in [-0.3, -0.25) is 4.79 Å². The average molecular weight is 243 g/mol. The second-order valence-electron chi connectivity index (χ2n) is 3.95. The Kier molecular flexibility index (Phi) is 4.33. The molecule has 0 radical (unpaired) electrons. The Bertz CT molecular complexity index is 352. The van der Waals surface area contributed by atoms with Crippen molar-refractivity contribution in [3.05, 3.63) is 29.8 Å². The van der Waals surface area contributed by atoms with Crippen LogP contribution in [-0.4, -0.2) is 29.0 Å². The van der Waals surface area contributed by atoms with Crippen LogP contribution in [0.25, 0.3) is 0 Å². The maximum absolute atomic E-state index is 11.7. The number of rotatable bonds is 5. The van der Waals surface area contributed by atoms with Crippen LogP contribution in [0.3, 0.4) is 0 Å². The van der Waals surface area contributed by atoms with E-state index >= 15 is 0 Å². The van der Waals surface area contributed by atoms with Gasteiger partial charge in [-0.25, -0.2) is 0 Å². The van der Waals surface area contributed by atoms with Crippen LogP contribution in [-0.2, 0) is 0 Å². The van der Waals surface area contributed by atoms with Crippen LogP contribution < -0.4 is 4.74 Å². The van der Waals surface area contributed by atoms with Crippen LogP contribution in [0.4, 0.5) is 0 Å². The molecule has 0 bridgehead atoms. The highest BCUT2D eigenvalue weighted by Gasteiger charge is 2.24. The van der Waals surface area contributed by atoms with Gasteiger partial charge >= 0.3 is 0 Å². The third kappa shape index (κ3) is 3.51. The lowest BCUT2D eigenvalue weighted by Gasteiger charge is -2.15. The lowest BCUT2D eigenvalue weighted by atomic mass is 9.97. The number of hydrogen-bond donors (Lipinski definition) is 1. The zero-order valence-corrected chi connectivity index (χ0v) is 10.1. The van der Waals surface area contributed by atoms with E-state index in [0.29, 0.717) is 23.8 Å². The highest BCUT2D eigenvalue weighted by atomic mass is 35.5. The molecule has 0 aromatic heterocycles. The molecular weight excluding hydrogens is 228 g/mol. The molecule has 1 aromatic carbocycles. The number of ether oxygens (including phenoxy) is 1. The monoisotopic (exact) mass is 242 g/mol.